The van der Waals surface area contributed by atoms with Gasteiger partial charge in [-0.1, -0.05) is 12.1 Å². The molecule has 0 spiro atoms. The van der Waals surface area contributed by atoms with E-state index >= 15 is 0 Å². The van der Waals surface area contributed by atoms with Crippen LogP contribution in [0.5, 0.6) is 5.75 Å². The molecule has 4 nitrogen and oxygen atoms in total. The van der Waals surface area contributed by atoms with Crippen LogP contribution in [0.4, 0.5) is 0 Å². The molecule has 0 atom stereocenters. The molecule has 0 saturated carbocycles. The molecule has 110 valence electrons. The zero-order valence-corrected chi connectivity index (χ0v) is 12.3. The van der Waals surface area contributed by atoms with E-state index in [4.69, 9.17) is 4.74 Å². The van der Waals surface area contributed by atoms with Crippen LogP contribution in [0.3, 0.4) is 0 Å². The van der Waals surface area contributed by atoms with Crippen molar-refractivity contribution in [3.63, 3.8) is 0 Å². The summed E-state index contributed by atoms with van der Waals surface area (Å²) in [6.45, 7) is 7.07. The van der Waals surface area contributed by atoms with Crippen molar-refractivity contribution in [2.45, 2.75) is 33.2 Å². The van der Waals surface area contributed by atoms with Gasteiger partial charge >= 0.3 is 5.97 Å². The molecule has 4 heteroatoms. The molecule has 1 aliphatic heterocycles. The number of carbonyl (C=O) groups is 1. The van der Waals surface area contributed by atoms with Crippen molar-refractivity contribution in [3.05, 3.63) is 29.8 Å². The van der Waals surface area contributed by atoms with Crippen LogP contribution in [0.15, 0.2) is 24.3 Å². The SMILES string of the molecule is CCOc1ccc(CN2CCC(C)(C(=O)O)CC2)cc1. The summed E-state index contributed by atoms with van der Waals surface area (Å²) in [7, 11) is 0. The molecule has 1 heterocycles. The van der Waals surface area contributed by atoms with Crippen molar-refractivity contribution in [1.29, 1.82) is 0 Å². The largest absolute Gasteiger partial charge is 0.494 e. The van der Waals surface area contributed by atoms with E-state index in [1.165, 1.54) is 5.56 Å². The standard InChI is InChI=1S/C16H23NO3/c1-3-20-14-6-4-13(5-7-14)12-17-10-8-16(2,9-11-17)15(18)19/h4-7H,3,8-12H2,1-2H3,(H,18,19). The second-order valence-corrected chi connectivity index (χ2v) is 5.72. The van der Waals surface area contributed by atoms with Gasteiger partial charge in [-0.2, -0.15) is 0 Å². The predicted molar refractivity (Wildman–Crippen MR) is 77.9 cm³/mol. The second kappa shape index (κ2) is 6.27. The van der Waals surface area contributed by atoms with E-state index in [1.54, 1.807) is 0 Å². The maximum atomic E-state index is 11.2. The lowest BCUT2D eigenvalue weighted by atomic mass is 9.80. The van der Waals surface area contributed by atoms with Crippen molar-refractivity contribution in [3.8, 4) is 5.75 Å². The highest BCUT2D eigenvalue weighted by Gasteiger charge is 2.36. The Kier molecular flexibility index (Phi) is 4.65. The average Bonchev–Trinajstić information content (AvgIpc) is 2.44. The van der Waals surface area contributed by atoms with Gasteiger partial charge in [0.1, 0.15) is 5.75 Å². The third-order valence-corrected chi connectivity index (χ3v) is 4.12. The number of aliphatic carboxylic acids is 1. The monoisotopic (exact) mass is 277 g/mol. The van der Waals surface area contributed by atoms with Gasteiger partial charge in [-0.15, -0.1) is 0 Å². The van der Waals surface area contributed by atoms with Gasteiger partial charge in [0, 0.05) is 6.54 Å². The molecule has 1 aliphatic rings. The summed E-state index contributed by atoms with van der Waals surface area (Å²) in [6.07, 6.45) is 1.44. The van der Waals surface area contributed by atoms with Gasteiger partial charge in [-0.3, -0.25) is 9.69 Å². The Morgan fingerprint density at radius 3 is 2.40 bits per heavy atom. The van der Waals surface area contributed by atoms with Crippen molar-refractivity contribution >= 4 is 5.97 Å². The number of benzene rings is 1. The summed E-state index contributed by atoms with van der Waals surface area (Å²) in [5, 5.41) is 9.22. The molecule has 2 rings (SSSR count). The summed E-state index contributed by atoms with van der Waals surface area (Å²) in [5.74, 6) is 0.228. The Balaban J connectivity index is 1.87. The zero-order valence-electron chi connectivity index (χ0n) is 12.3. The number of likely N-dealkylation sites (tertiary alicyclic amines) is 1. The smallest absolute Gasteiger partial charge is 0.309 e. The molecule has 1 aromatic rings. The van der Waals surface area contributed by atoms with Crippen molar-refractivity contribution in [2.24, 2.45) is 5.41 Å². The predicted octanol–water partition coefficient (Wildman–Crippen LogP) is 2.77. The van der Waals surface area contributed by atoms with Gasteiger partial charge in [-0.25, -0.2) is 0 Å². The topological polar surface area (TPSA) is 49.8 Å². The number of hydrogen-bond acceptors (Lipinski definition) is 3. The van der Waals surface area contributed by atoms with Crippen LogP contribution in [-0.4, -0.2) is 35.7 Å². The first-order chi connectivity index (χ1) is 9.53. The second-order valence-electron chi connectivity index (χ2n) is 5.72. The molecule has 0 aliphatic carbocycles. The highest BCUT2D eigenvalue weighted by Crippen LogP contribution is 2.31. The van der Waals surface area contributed by atoms with Crippen LogP contribution < -0.4 is 4.74 Å². The molecule has 1 aromatic carbocycles. The molecule has 20 heavy (non-hydrogen) atoms. The lowest BCUT2D eigenvalue weighted by molar-refractivity contribution is -0.150. The third kappa shape index (κ3) is 3.51. The number of carboxylic acids is 1. The fourth-order valence-electron chi connectivity index (χ4n) is 2.53. The number of piperidine rings is 1. The fourth-order valence-corrected chi connectivity index (χ4v) is 2.53. The number of ether oxygens (including phenoxy) is 1. The highest BCUT2D eigenvalue weighted by molar-refractivity contribution is 5.74. The fraction of sp³-hybridized carbons (Fsp3) is 0.562. The molecular weight excluding hydrogens is 254 g/mol. The van der Waals surface area contributed by atoms with Crippen molar-refractivity contribution < 1.29 is 14.6 Å². The number of rotatable bonds is 5. The third-order valence-electron chi connectivity index (χ3n) is 4.12. The quantitative estimate of drug-likeness (QED) is 0.899. The van der Waals surface area contributed by atoms with Crippen LogP contribution in [0.2, 0.25) is 0 Å². The van der Waals surface area contributed by atoms with Crippen molar-refractivity contribution in [1.82, 2.24) is 4.90 Å². The lowest BCUT2D eigenvalue weighted by Crippen LogP contribution is -2.42. The molecular formula is C16H23NO3. The van der Waals surface area contributed by atoms with Crippen LogP contribution >= 0.6 is 0 Å². The first-order valence-corrected chi connectivity index (χ1v) is 7.21. The summed E-state index contributed by atoms with van der Waals surface area (Å²) >= 11 is 0. The Morgan fingerprint density at radius 1 is 1.30 bits per heavy atom. The van der Waals surface area contributed by atoms with E-state index < -0.39 is 11.4 Å². The highest BCUT2D eigenvalue weighted by atomic mass is 16.5. The molecule has 0 radical (unpaired) electrons. The summed E-state index contributed by atoms with van der Waals surface area (Å²) in [4.78, 5) is 13.5. The van der Waals surface area contributed by atoms with E-state index in [9.17, 15) is 9.90 Å². The molecule has 0 amide bonds. The van der Waals surface area contributed by atoms with Gasteiger partial charge in [-0.05, 0) is 57.5 Å². The van der Waals surface area contributed by atoms with E-state index in [-0.39, 0.29) is 0 Å². The molecule has 0 aromatic heterocycles. The summed E-state index contributed by atoms with van der Waals surface area (Å²) in [5.41, 5.74) is 0.697. The maximum absolute atomic E-state index is 11.2. The van der Waals surface area contributed by atoms with Gasteiger partial charge in [0.15, 0.2) is 0 Å². The van der Waals surface area contributed by atoms with Gasteiger partial charge in [0.25, 0.3) is 0 Å². The molecule has 0 unspecified atom stereocenters. The Labute approximate surface area is 120 Å². The first kappa shape index (κ1) is 14.9. The number of carboxylic acid groups (broad SMARTS) is 1. The molecule has 1 saturated heterocycles. The zero-order chi connectivity index (χ0) is 14.6. The van der Waals surface area contributed by atoms with Crippen LogP contribution in [0, 0.1) is 5.41 Å². The first-order valence-electron chi connectivity index (χ1n) is 7.21. The lowest BCUT2D eigenvalue weighted by Gasteiger charge is -2.36. The van der Waals surface area contributed by atoms with E-state index in [1.807, 2.05) is 26.0 Å². The average molecular weight is 277 g/mol. The number of hydrogen-bond donors (Lipinski definition) is 1. The van der Waals surface area contributed by atoms with Crippen LogP contribution in [0.25, 0.3) is 0 Å². The molecule has 0 bridgehead atoms. The Bertz CT molecular complexity index is 447. The minimum atomic E-state index is -0.668. The number of nitrogens with zero attached hydrogens (tertiary/aromatic N) is 1. The van der Waals surface area contributed by atoms with Crippen LogP contribution in [0.1, 0.15) is 32.3 Å². The van der Waals surface area contributed by atoms with Crippen molar-refractivity contribution in [2.75, 3.05) is 19.7 Å². The minimum Gasteiger partial charge on any atom is -0.494 e. The summed E-state index contributed by atoms with van der Waals surface area (Å²) in [6, 6.07) is 8.14. The summed E-state index contributed by atoms with van der Waals surface area (Å²) < 4.78 is 5.43. The maximum Gasteiger partial charge on any atom is 0.309 e. The Morgan fingerprint density at radius 2 is 1.90 bits per heavy atom. The van der Waals surface area contributed by atoms with Gasteiger partial charge < -0.3 is 9.84 Å². The Hall–Kier alpha value is -1.55. The van der Waals surface area contributed by atoms with E-state index in [0.717, 1.165) is 38.2 Å². The minimum absolute atomic E-state index is 0.546. The van der Waals surface area contributed by atoms with E-state index in [0.29, 0.717) is 6.61 Å². The van der Waals surface area contributed by atoms with Gasteiger partial charge in [0.05, 0.1) is 12.0 Å². The molecule has 1 fully saturated rings. The normalized spacial score (nSPS) is 18.7. The van der Waals surface area contributed by atoms with Crippen LogP contribution in [-0.2, 0) is 11.3 Å². The van der Waals surface area contributed by atoms with Gasteiger partial charge in [0.2, 0.25) is 0 Å². The molecule has 1 N–H and O–H groups in total. The van der Waals surface area contributed by atoms with E-state index in [2.05, 4.69) is 17.0 Å².